The van der Waals surface area contributed by atoms with E-state index >= 15 is 0 Å². The van der Waals surface area contributed by atoms with Gasteiger partial charge in [0.1, 0.15) is 5.82 Å². The first-order chi connectivity index (χ1) is 5.47. The van der Waals surface area contributed by atoms with Crippen molar-refractivity contribution in [1.82, 2.24) is 14.3 Å². The molecule has 1 fully saturated rings. The number of nitrogens with one attached hydrogen (secondary N) is 1. The predicted molar refractivity (Wildman–Crippen MR) is 43.3 cm³/mol. The van der Waals surface area contributed by atoms with Crippen molar-refractivity contribution in [2.45, 2.75) is 0 Å². The average Bonchev–Trinajstić information content (AvgIpc) is 2.58. The van der Waals surface area contributed by atoms with Crippen molar-refractivity contribution in [3.05, 3.63) is 12.0 Å². The van der Waals surface area contributed by atoms with E-state index in [9.17, 15) is 0 Å². The second-order valence-corrected chi connectivity index (χ2v) is 3.01. The summed E-state index contributed by atoms with van der Waals surface area (Å²) in [6.07, 6.45) is 1.86. The van der Waals surface area contributed by atoms with E-state index in [-0.39, 0.29) is 0 Å². The minimum Gasteiger partial charge on any atom is -0.378 e. The Balaban J connectivity index is 1.92. The van der Waals surface area contributed by atoms with Gasteiger partial charge in [0, 0.05) is 13.1 Å². The third-order valence-corrected chi connectivity index (χ3v) is 2.24. The lowest BCUT2D eigenvalue weighted by Gasteiger charge is -2.28. The van der Waals surface area contributed by atoms with E-state index in [0.717, 1.165) is 32.1 Å². The molecule has 2 heterocycles. The molecule has 0 bridgehead atoms. The molecular formula is C6H10N3OS. The van der Waals surface area contributed by atoms with Crippen molar-refractivity contribution in [2.75, 3.05) is 26.3 Å². The highest BCUT2D eigenvalue weighted by atomic mass is 32.2. The third kappa shape index (κ3) is 1.54. The highest BCUT2D eigenvalue weighted by Crippen LogP contribution is 2.12. The summed E-state index contributed by atoms with van der Waals surface area (Å²) in [6, 6.07) is 0. The molecule has 5 heteroatoms. The van der Waals surface area contributed by atoms with Gasteiger partial charge in [-0.3, -0.25) is 4.72 Å². The number of ether oxygens (including phenoxy) is 1. The first-order valence-electron chi connectivity index (χ1n) is 3.62. The van der Waals surface area contributed by atoms with Crippen molar-refractivity contribution in [2.24, 2.45) is 0 Å². The molecule has 0 aromatic carbocycles. The molecule has 4 nitrogen and oxygen atoms in total. The van der Waals surface area contributed by atoms with Gasteiger partial charge in [0.05, 0.1) is 31.5 Å². The van der Waals surface area contributed by atoms with Crippen LogP contribution in [0.1, 0.15) is 0 Å². The van der Waals surface area contributed by atoms with Gasteiger partial charge >= 0.3 is 0 Å². The average molecular weight is 172 g/mol. The Morgan fingerprint density at radius 3 is 3.00 bits per heavy atom. The molecule has 1 N–H and O–H groups in total. The molecule has 0 unspecified atom stereocenters. The summed E-state index contributed by atoms with van der Waals surface area (Å²) < 4.78 is 12.3. The molecule has 1 saturated heterocycles. The lowest BCUT2D eigenvalue weighted by molar-refractivity contribution is 0.0522. The maximum atomic E-state index is 5.23. The fraction of sp³-hybridized carbons (Fsp3) is 0.667. The van der Waals surface area contributed by atoms with E-state index < -0.39 is 0 Å². The Labute approximate surface area is 70.2 Å². The zero-order valence-corrected chi connectivity index (χ0v) is 6.93. The lowest BCUT2D eigenvalue weighted by atomic mass is 10.4. The molecule has 61 valence electrons. The number of hydrogen-bond acceptors (Lipinski definition) is 4. The maximum Gasteiger partial charge on any atom is 0.132 e. The van der Waals surface area contributed by atoms with Crippen LogP contribution in [-0.4, -0.2) is 31.2 Å². The fourth-order valence-corrected chi connectivity index (χ4v) is 1.61. The standard InChI is InChI=1S/C6H10N3OS/c1-3-10-4-2-9(1)6-5-7-11-8-6/h5,8H,1-4H2. The number of nitrogens with zero attached hydrogens (tertiary/aromatic N) is 2. The molecule has 0 atom stereocenters. The maximum absolute atomic E-state index is 5.23. The summed E-state index contributed by atoms with van der Waals surface area (Å²) in [6.45, 7) is 3.58. The minimum atomic E-state index is 0.823. The van der Waals surface area contributed by atoms with Crippen LogP contribution in [0.5, 0.6) is 0 Å². The van der Waals surface area contributed by atoms with Crippen LogP contribution >= 0.6 is 12.1 Å². The van der Waals surface area contributed by atoms with Gasteiger partial charge in [-0.1, -0.05) is 0 Å². The van der Waals surface area contributed by atoms with Crippen LogP contribution in [0.3, 0.4) is 0 Å². The molecule has 0 saturated carbocycles. The van der Waals surface area contributed by atoms with Crippen molar-refractivity contribution in [3.8, 4) is 0 Å². The van der Waals surface area contributed by atoms with E-state index in [2.05, 4.69) is 14.3 Å². The Kier molecular flexibility index (Phi) is 2.09. The smallest absolute Gasteiger partial charge is 0.132 e. The number of rotatable bonds is 1. The summed E-state index contributed by atoms with van der Waals surface area (Å²) in [4.78, 5) is 2.24. The van der Waals surface area contributed by atoms with Crippen molar-refractivity contribution < 1.29 is 4.74 Å². The first-order valence-corrected chi connectivity index (χ1v) is 4.39. The zero-order valence-electron chi connectivity index (χ0n) is 6.12. The van der Waals surface area contributed by atoms with Crippen LogP contribution in [0.4, 0.5) is 0 Å². The highest BCUT2D eigenvalue weighted by molar-refractivity contribution is 7.95. The van der Waals surface area contributed by atoms with Gasteiger partial charge in [0.25, 0.3) is 0 Å². The largest absolute Gasteiger partial charge is 0.378 e. The SMILES string of the molecule is C1=C(N2CCOCC2)NS[N]1. The summed E-state index contributed by atoms with van der Waals surface area (Å²) in [7, 11) is 0. The molecule has 0 spiro atoms. The highest BCUT2D eigenvalue weighted by Gasteiger charge is 2.16. The van der Waals surface area contributed by atoms with Gasteiger partial charge in [-0.15, -0.1) is 0 Å². The molecule has 2 aliphatic rings. The number of hydrogen-bond donors (Lipinski definition) is 1. The molecule has 1 radical (unpaired) electrons. The van der Waals surface area contributed by atoms with E-state index in [1.807, 2.05) is 6.20 Å². The minimum absolute atomic E-state index is 0.823. The van der Waals surface area contributed by atoms with Gasteiger partial charge in [-0.2, -0.15) is 4.72 Å². The van der Waals surface area contributed by atoms with E-state index in [1.165, 1.54) is 12.1 Å². The van der Waals surface area contributed by atoms with Crippen molar-refractivity contribution in [1.29, 1.82) is 0 Å². The van der Waals surface area contributed by atoms with Gasteiger partial charge in [-0.25, -0.2) is 0 Å². The molecule has 2 aliphatic heterocycles. The predicted octanol–water partition coefficient (Wildman–Crippen LogP) is -0.112. The normalized spacial score (nSPS) is 24.0. The van der Waals surface area contributed by atoms with E-state index in [0.29, 0.717) is 0 Å². The molecule has 2 rings (SSSR count). The molecule has 0 aromatic heterocycles. The first kappa shape index (κ1) is 7.12. The van der Waals surface area contributed by atoms with Gasteiger partial charge < -0.3 is 9.64 Å². The van der Waals surface area contributed by atoms with Gasteiger partial charge in [0.2, 0.25) is 0 Å². The van der Waals surface area contributed by atoms with Crippen LogP contribution in [0.2, 0.25) is 0 Å². The third-order valence-electron chi connectivity index (χ3n) is 1.73. The summed E-state index contributed by atoms with van der Waals surface area (Å²) >= 11 is 1.38. The lowest BCUT2D eigenvalue weighted by Crippen LogP contribution is -2.37. The number of morpholine rings is 1. The second kappa shape index (κ2) is 3.23. The van der Waals surface area contributed by atoms with E-state index in [4.69, 9.17) is 4.74 Å². The molecule has 0 aromatic rings. The van der Waals surface area contributed by atoms with Crippen LogP contribution in [0, 0.1) is 0 Å². The summed E-state index contributed by atoms with van der Waals surface area (Å²) in [5, 5.41) is 0. The second-order valence-electron chi connectivity index (χ2n) is 2.41. The quantitative estimate of drug-likeness (QED) is 0.560. The molecule has 0 aliphatic carbocycles. The molecule has 0 amide bonds. The monoisotopic (exact) mass is 172 g/mol. The Morgan fingerprint density at radius 1 is 1.55 bits per heavy atom. The van der Waals surface area contributed by atoms with Crippen LogP contribution in [-0.2, 0) is 4.74 Å². The van der Waals surface area contributed by atoms with Gasteiger partial charge in [0.15, 0.2) is 0 Å². The summed E-state index contributed by atoms with van der Waals surface area (Å²) in [5.74, 6) is 1.11. The molecular weight excluding hydrogens is 162 g/mol. The van der Waals surface area contributed by atoms with Gasteiger partial charge in [-0.05, 0) is 0 Å². The Morgan fingerprint density at radius 2 is 2.36 bits per heavy atom. The Hall–Kier alpha value is -0.550. The zero-order chi connectivity index (χ0) is 7.52. The van der Waals surface area contributed by atoms with Crippen molar-refractivity contribution in [3.63, 3.8) is 0 Å². The molecule has 11 heavy (non-hydrogen) atoms. The van der Waals surface area contributed by atoms with E-state index in [1.54, 1.807) is 0 Å². The van der Waals surface area contributed by atoms with Crippen LogP contribution < -0.4 is 9.44 Å². The van der Waals surface area contributed by atoms with Crippen molar-refractivity contribution >= 4 is 12.1 Å². The Bertz CT molecular complexity index is 167. The van der Waals surface area contributed by atoms with Crippen LogP contribution in [0.15, 0.2) is 12.0 Å². The topological polar surface area (TPSA) is 38.6 Å². The summed E-state index contributed by atoms with van der Waals surface area (Å²) in [5.41, 5.74) is 0. The fourth-order valence-electron chi connectivity index (χ4n) is 1.13. The van der Waals surface area contributed by atoms with Crippen LogP contribution in [0.25, 0.3) is 0 Å².